The van der Waals surface area contributed by atoms with E-state index in [0.717, 1.165) is 5.69 Å². The van der Waals surface area contributed by atoms with Crippen molar-refractivity contribution in [1.82, 2.24) is 20.4 Å². The summed E-state index contributed by atoms with van der Waals surface area (Å²) >= 11 is 0. The van der Waals surface area contributed by atoms with E-state index in [1.165, 1.54) is 0 Å². The number of aromatic nitrogens is 2. The minimum absolute atomic E-state index is 0.130. The van der Waals surface area contributed by atoms with Crippen LogP contribution in [-0.4, -0.2) is 33.4 Å². The van der Waals surface area contributed by atoms with E-state index < -0.39 is 11.9 Å². The standard InChI is InChI=1S/C13H22N4O3/c1-9(2)6-10(12(18)19)7-14-13(20)15-8-11-4-5-16-17(11)3/h4-5,9-10H,6-8H2,1-3H3,(H,18,19)(H2,14,15,20). The third kappa shape index (κ3) is 5.29. The van der Waals surface area contributed by atoms with Gasteiger partial charge in [0.25, 0.3) is 0 Å². The van der Waals surface area contributed by atoms with Crippen LogP contribution in [0.5, 0.6) is 0 Å². The van der Waals surface area contributed by atoms with Crippen LogP contribution in [0.15, 0.2) is 12.3 Å². The molecule has 1 aromatic heterocycles. The molecule has 1 atom stereocenters. The Morgan fingerprint density at radius 1 is 1.40 bits per heavy atom. The Morgan fingerprint density at radius 2 is 2.10 bits per heavy atom. The van der Waals surface area contributed by atoms with Gasteiger partial charge >= 0.3 is 12.0 Å². The Kier molecular flexibility index (Phi) is 6.02. The number of aliphatic carboxylic acids is 1. The van der Waals surface area contributed by atoms with Crippen molar-refractivity contribution in [3.8, 4) is 0 Å². The van der Waals surface area contributed by atoms with Gasteiger partial charge in [-0.25, -0.2) is 4.79 Å². The molecule has 0 spiro atoms. The Hall–Kier alpha value is -2.05. The van der Waals surface area contributed by atoms with Gasteiger partial charge in [-0.05, 0) is 18.4 Å². The molecule has 112 valence electrons. The fourth-order valence-electron chi connectivity index (χ4n) is 1.86. The van der Waals surface area contributed by atoms with Crippen molar-refractivity contribution >= 4 is 12.0 Å². The molecular formula is C13H22N4O3. The Morgan fingerprint density at radius 3 is 2.60 bits per heavy atom. The maximum absolute atomic E-state index is 11.6. The van der Waals surface area contributed by atoms with Crippen molar-refractivity contribution in [2.75, 3.05) is 6.54 Å². The molecular weight excluding hydrogens is 260 g/mol. The zero-order valence-corrected chi connectivity index (χ0v) is 12.1. The first-order valence-electron chi connectivity index (χ1n) is 6.61. The zero-order chi connectivity index (χ0) is 15.1. The predicted octanol–water partition coefficient (Wildman–Crippen LogP) is 0.966. The van der Waals surface area contributed by atoms with Crippen molar-refractivity contribution in [3.05, 3.63) is 18.0 Å². The minimum atomic E-state index is -0.884. The summed E-state index contributed by atoms with van der Waals surface area (Å²) in [5, 5.41) is 18.3. The van der Waals surface area contributed by atoms with Crippen LogP contribution in [0, 0.1) is 11.8 Å². The molecule has 20 heavy (non-hydrogen) atoms. The second-order valence-corrected chi connectivity index (χ2v) is 5.17. The number of hydrogen-bond donors (Lipinski definition) is 3. The van der Waals surface area contributed by atoms with Gasteiger partial charge in [0.05, 0.1) is 18.2 Å². The van der Waals surface area contributed by atoms with Crippen LogP contribution in [0.2, 0.25) is 0 Å². The van der Waals surface area contributed by atoms with E-state index in [0.29, 0.717) is 13.0 Å². The number of nitrogens with zero attached hydrogens (tertiary/aromatic N) is 2. The SMILES string of the molecule is CC(C)CC(CNC(=O)NCc1ccnn1C)C(=O)O. The molecule has 0 aliphatic heterocycles. The molecule has 0 aliphatic rings. The second-order valence-electron chi connectivity index (χ2n) is 5.17. The highest BCUT2D eigenvalue weighted by Crippen LogP contribution is 2.10. The normalized spacial score (nSPS) is 12.2. The lowest BCUT2D eigenvalue weighted by Gasteiger charge is -2.15. The zero-order valence-electron chi connectivity index (χ0n) is 12.1. The first kappa shape index (κ1) is 16.0. The molecule has 0 fully saturated rings. The fraction of sp³-hybridized carbons (Fsp3) is 0.615. The highest BCUT2D eigenvalue weighted by molar-refractivity contribution is 5.75. The number of urea groups is 1. The summed E-state index contributed by atoms with van der Waals surface area (Å²) in [7, 11) is 1.79. The van der Waals surface area contributed by atoms with Gasteiger partial charge in [0.15, 0.2) is 0 Å². The maximum Gasteiger partial charge on any atom is 0.315 e. The molecule has 0 aromatic carbocycles. The van der Waals surface area contributed by atoms with Gasteiger partial charge in [-0.15, -0.1) is 0 Å². The largest absolute Gasteiger partial charge is 0.481 e. The molecule has 1 unspecified atom stereocenters. The Bertz CT molecular complexity index is 456. The van der Waals surface area contributed by atoms with Crippen molar-refractivity contribution in [3.63, 3.8) is 0 Å². The summed E-state index contributed by atoms with van der Waals surface area (Å²) < 4.78 is 1.67. The molecule has 7 heteroatoms. The van der Waals surface area contributed by atoms with E-state index in [2.05, 4.69) is 15.7 Å². The van der Waals surface area contributed by atoms with Crippen molar-refractivity contribution < 1.29 is 14.7 Å². The molecule has 0 saturated carbocycles. The van der Waals surface area contributed by atoms with Crippen molar-refractivity contribution in [2.24, 2.45) is 18.9 Å². The van der Waals surface area contributed by atoms with Crippen molar-refractivity contribution in [1.29, 1.82) is 0 Å². The van der Waals surface area contributed by atoms with E-state index in [1.54, 1.807) is 24.0 Å². The van der Waals surface area contributed by atoms with Gasteiger partial charge in [-0.2, -0.15) is 5.10 Å². The molecule has 7 nitrogen and oxygen atoms in total. The number of rotatable bonds is 7. The monoisotopic (exact) mass is 282 g/mol. The molecule has 2 amide bonds. The predicted molar refractivity (Wildman–Crippen MR) is 74.0 cm³/mol. The Balaban J connectivity index is 2.34. The van der Waals surface area contributed by atoms with E-state index in [9.17, 15) is 9.59 Å². The summed E-state index contributed by atoms with van der Waals surface area (Å²) in [6, 6.07) is 1.43. The van der Waals surface area contributed by atoms with Crippen molar-refractivity contribution in [2.45, 2.75) is 26.8 Å². The number of carboxylic acid groups (broad SMARTS) is 1. The summed E-state index contributed by atoms with van der Waals surface area (Å²) in [6.07, 6.45) is 2.19. The van der Waals surface area contributed by atoms with Crippen LogP contribution >= 0.6 is 0 Å². The molecule has 0 radical (unpaired) electrons. The van der Waals surface area contributed by atoms with Crippen LogP contribution < -0.4 is 10.6 Å². The highest BCUT2D eigenvalue weighted by Gasteiger charge is 2.19. The number of aryl methyl sites for hydroxylation is 1. The lowest BCUT2D eigenvalue weighted by molar-refractivity contribution is -0.142. The van der Waals surface area contributed by atoms with E-state index >= 15 is 0 Å². The molecule has 0 aliphatic carbocycles. The maximum atomic E-state index is 11.6. The first-order valence-corrected chi connectivity index (χ1v) is 6.61. The highest BCUT2D eigenvalue weighted by atomic mass is 16.4. The quantitative estimate of drug-likeness (QED) is 0.694. The minimum Gasteiger partial charge on any atom is -0.481 e. The molecule has 0 saturated heterocycles. The summed E-state index contributed by atoms with van der Waals surface area (Å²) in [4.78, 5) is 22.7. The average molecular weight is 282 g/mol. The third-order valence-corrected chi connectivity index (χ3v) is 2.97. The number of nitrogens with one attached hydrogen (secondary N) is 2. The van der Waals surface area contributed by atoms with Gasteiger partial charge in [-0.3, -0.25) is 9.48 Å². The van der Waals surface area contributed by atoms with E-state index in [1.807, 2.05) is 13.8 Å². The number of carbonyl (C=O) groups is 2. The van der Waals surface area contributed by atoms with Crippen LogP contribution in [-0.2, 0) is 18.4 Å². The van der Waals surface area contributed by atoms with Gasteiger partial charge in [-0.1, -0.05) is 13.8 Å². The third-order valence-electron chi connectivity index (χ3n) is 2.97. The topological polar surface area (TPSA) is 96.3 Å². The van der Waals surface area contributed by atoms with Gasteiger partial charge in [0.1, 0.15) is 0 Å². The first-order chi connectivity index (χ1) is 9.40. The lowest BCUT2D eigenvalue weighted by Crippen LogP contribution is -2.40. The summed E-state index contributed by atoms with van der Waals surface area (Å²) in [6.45, 7) is 4.39. The van der Waals surface area contributed by atoms with Crippen LogP contribution in [0.25, 0.3) is 0 Å². The summed E-state index contributed by atoms with van der Waals surface area (Å²) in [5.74, 6) is -1.17. The Labute approximate surface area is 118 Å². The summed E-state index contributed by atoms with van der Waals surface area (Å²) in [5.41, 5.74) is 0.872. The van der Waals surface area contributed by atoms with E-state index in [-0.39, 0.29) is 18.5 Å². The fourth-order valence-corrected chi connectivity index (χ4v) is 1.86. The van der Waals surface area contributed by atoms with E-state index in [4.69, 9.17) is 5.11 Å². The van der Waals surface area contributed by atoms with Crippen LogP contribution in [0.3, 0.4) is 0 Å². The molecule has 1 aromatic rings. The molecule has 0 bridgehead atoms. The number of amides is 2. The lowest BCUT2D eigenvalue weighted by atomic mass is 9.97. The smallest absolute Gasteiger partial charge is 0.315 e. The second kappa shape index (κ2) is 7.52. The number of carboxylic acids is 1. The number of hydrogen-bond acceptors (Lipinski definition) is 3. The molecule has 1 heterocycles. The van der Waals surface area contributed by atoms with Crippen LogP contribution in [0.4, 0.5) is 4.79 Å². The molecule has 3 N–H and O–H groups in total. The molecule has 1 rings (SSSR count). The van der Waals surface area contributed by atoms with Gasteiger partial charge < -0.3 is 15.7 Å². The number of carbonyl (C=O) groups excluding carboxylic acids is 1. The average Bonchev–Trinajstić information content (AvgIpc) is 2.76. The van der Waals surface area contributed by atoms with Gasteiger partial charge in [0.2, 0.25) is 0 Å². The van der Waals surface area contributed by atoms with Crippen LogP contribution in [0.1, 0.15) is 26.0 Å². The van der Waals surface area contributed by atoms with Gasteiger partial charge in [0, 0.05) is 19.8 Å².